The van der Waals surface area contributed by atoms with Gasteiger partial charge < -0.3 is 80.7 Å². The number of aliphatic hydroxyl groups excluding tert-OH is 1. The number of likely N-dealkylation sites (N-methyl/N-ethyl adjacent to an activating group) is 3. The third-order valence-corrected chi connectivity index (χ3v) is 16.8. The van der Waals surface area contributed by atoms with Gasteiger partial charge in [0.2, 0.25) is 23.6 Å². The highest BCUT2D eigenvalue weighted by molar-refractivity contribution is 7.43. The van der Waals surface area contributed by atoms with Crippen LogP contribution in [0.2, 0.25) is 0 Å². The van der Waals surface area contributed by atoms with Gasteiger partial charge >= 0.3 is 18.2 Å². The molecule has 26 heteroatoms. The van der Waals surface area contributed by atoms with Crippen LogP contribution < -0.4 is 32.2 Å². The second-order valence-electron chi connectivity index (χ2n) is 23.2. The number of benzene rings is 3. The number of aliphatic hydroxyl groups is 1. The summed E-state index contributed by atoms with van der Waals surface area (Å²) in [4.78, 5) is 115. The van der Waals surface area contributed by atoms with Crippen LogP contribution in [0.3, 0.4) is 0 Å². The first-order chi connectivity index (χ1) is 42.1. The number of carbonyl (C=O) groups excluding carboxylic acids is 7. The van der Waals surface area contributed by atoms with Crippen molar-refractivity contribution in [3.05, 3.63) is 101 Å². The van der Waals surface area contributed by atoms with Gasteiger partial charge in [-0.25, -0.2) is 19.1 Å². The lowest BCUT2D eigenvalue weighted by atomic mass is 9.90. The lowest BCUT2D eigenvalue weighted by Gasteiger charge is -2.39. The van der Waals surface area contributed by atoms with Crippen molar-refractivity contribution in [1.82, 2.24) is 35.3 Å². The Morgan fingerprint density at radius 1 is 0.809 bits per heavy atom. The Labute approximate surface area is 525 Å². The normalized spacial score (nSPS) is 16.4. The summed E-state index contributed by atoms with van der Waals surface area (Å²) in [6.45, 7) is 16.3. The molecule has 0 saturated carbocycles. The summed E-state index contributed by atoms with van der Waals surface area (Å²) in [6, 6.07) is 18.9. The Balaban J connectivity index is 0.000000468. The molecule has 1 aliphatic heterocycles. The summed E-state index contributed by atoms with van der Waals surface area (Å²) < 4.78 is 29.1. The van der Waals surface area contributed by atoms with Gasteiger partial charge in [0.1, 0.15) is 24.4 Å². The quantitative estimate of drug-likeness (QED) is 0.0320. The van der Waals surface area contributed by atoms with Crippen LogP contribution in [-0.2, 0) is 55.9 Å². The van der Waals surface area contributed by atoms with Crippen molar-refractivity contribution >= 4 is 56.2 Å². The number of alkyl carbamates (subject to hydrolysis) is 1. The van der Waals surface area contributed by atoms with E-state index in [1.54, 1.807) is 90.3 Å². The van der Waals surface area contributed by atoms with Crippen LogP contribution in [0.5, 0.6) is 5.75 Å². The van der Waals surface area contributed by atoms with E-state index >= 15 is 0 Å². The predicted octanol–water partition coefficient (Wildman–Crippen LogP) is 5.94. The fourth-order valence-corrected chi connectivity index (χ4v) is 10.7. The van der Waals surface area contributed by atoms with Gasteiger partial charge in [0, 0.05) is 72.9 Å². The lowest BCUT2D eigenvalue weighted by Crippen LogP contribution is -2.53. The molecule has 0 bridgehead atoms. The molecule has 1 fully saturated rings. The number of hydrogen-bond acceptors (Lipinski definition) is 17. The molecule has 496 valence electrons. The summed E-state index contributed by atoms with van der Waals surface area (Å²) in [5, 5.41) is 28.0. The molecule has 3 aromatic rings. The molecule has 11 atom stereocenters. The molecule has 0 aromatic heterocycles. The number of rotatable bonds is 34. The third kappa shape index (κ3) is 24.8. The summed E-state index contributed by atoms with van der Waals surface area (Å²) in [7, 11) is 5.96. The van der Waals surface area contributed by atoms with Gasteiger partial charge in [-0.1, -0.05) is 109 Å². The van der Waals surface area contributed by atoms with Crippen molar-refractivity contribution < 1.29 is 76.9 Å². The highest BCUT2D eigenvalue weighted by Crippen LogP contribution is 2.35. The number of nitrogens with one attached hydrogen (secondary N) is 3. The average Bonchev–Trinajstić information content (AvgIpc) is 2.15. The van der Waals surface area contributed by atoms with Crippen molar-refractivity contribution in [2.45, 2.75) is 156 Å². The first-order valence-electron chi connectivity index (χ1n) is 30.1. The second kappa shape index (κ2) is 38.7. The van der Waals surface area contributed by atoms with E-state index in [1.807, 2.05) is 56.1 Å². The van der Waals surface area contributed by atoms with E-state index in [0.29, 0.717) is 25.1 Å². The van der Waals surface area contributed by atoms with Gasteiger partial charge in [-0.3, -0.25) is 24.0 Å². The van der Waals surface area contributed by atoms with Gasteiger partial charge in [0.15, 0.2) is 0 Å². The van der Waals surface area contributed by atoms with Crippen LogP contribution in [0.4, 0.5) is 9.59 Å². The predicted molar refractivity (Wildman–Crippen MR) is 336 cm³/mol. The molecule has 25 nitrogen and oxygen atoms in total. The maximum atomic E-state index is 13.8. The number of carboxylic acid groups (broad SMARTS) is 1. The molecule has 89 heavy (non-hydrogen) atoms. The Morgan fingerprint density at radius 3 is 1.99 bits per heavy atom. The van der Waals surface area contributed by atoms with Crippen molar-refractivity contribution in [1.29, 1.82) is 0 Å². The molecule has 11 unspecified atom stereocenters. The molecule has 1 aliphatic rings. The zero-order valence-electron chi connectivity index (χ0n) is 54.0. The highest BCUT2D eigenvalue weighted by atomic mass is 31.2. The van der Waals surface area contributed by atoms with Crippen molar-refractivity contribution in [2.75, 3.05) is 61.6 Å². The van der Waals surface area contributed by atoms with Gasteiger partial charge in [-0.2, -0.15) is 0 Å². The summed E-state index contributed by atoms with van der Waals surface area (Å²) in [6.07, 6.45) is -0.394. The van der Waals surface area contributed by atoms with Gasteiger partial charge in [-0.15, -0.1) is 0 Å². The zero-order valence-corrected chi connectivity index (χ0v) is 54.9. The average molecular weight is 1270 g/mol. The van der Waals surface area contributed by atoms with E-state index in [1.165, 1.54) is 28.8 Å². The van der Waals surface area contributed by atoms with Crippen LogP contribution in [0.1, 0.15) is 127 Å². The Hall–Kier alpha value is -6.83. The minimum absolute atomic E-state index is 0.0507. The largest absolute Gasteiger partial charge is 0.480 e. The van der Waals surface area contributed by atoms with E-state index in [9.17, 15) is 53.5 Å². The van der Waals surface area contributed by atoms with Crippen molar-refractivity contribution in [3.63, 3.8) is 0 Å². The zero-order chi connectivity index (χ0) is 66.7. The molecule has 1 heterocycles. The molecular formula is C63H98N9O16P. The topological polar surface area (TPSA) is 344 Å². The van der Waals surface area contributed by atoms with Crippen LogP contribution in [0, 0.1) is 23.7 Å². The number of methoxy groups -OCH3 is 2. The fraction of sp³-hybridized carbons (Fsp3) is 0.587. The number of hydrogen-bond donors (Lipinski definition) is 8. The smallest absolute Gasteiger partial charge is 0.415 e. The molecule has 0 radical (unpaired) electrons. The molecule has 1 saturated heterocycles. The summed E-state index contributed by atoms with van der Waals surface area (Å²) in [5.41, 5.74) is 13.3. The number of nitrogens with two attached hydrogens (primary N) is 2. The monoisotopic (exact) mass is 1270 g/mol. The van der Waals surface area contributed by atoms with Gasteiger partial charge in [-0.05, 0) is 85.5 Å². The molecule has 0 spiro atoms. The van der Waals surface area contributed by atoms with Crippen LogP contribution >= 0.6 is 8.53 Å². The summed E-state index contributed by atoms with van der Waals surface area (Å²) >= 11 is 0. The Bertz CT molecular complexity index is 2700. The SMILES string of the molecule is CC(C)C(NC(=O)OCc1ccc(OC(=O)N(C)CCN(C)P(O)OCCC(NC(=O)c2ccc(CN)cc2)C(=O)O)cc1)C(N)=O.CCC(C)C(C(CC(=O)N1CCCC1C(OC)C(C)C(=O)NC(C)C(O)c1ccccc1)OC)N(C)C(=O)CC(C)C. The molecular weight excluding hydrogens is 1170 g/mol. The minimum atomic E-state index is -2.11. The number of primary amides is 1. The van der Waals surface area contributed by atoms with E-state index in [-0.39, 0.29) is 98.0 Å². The second-order valence-corrected chi connectivity index (χ2v) is 24.6. The van der Waals surface area contributed by atoms with Crippen molar-refractivity contribution in [3.8, 4) is 5.75 Å². The Morgan fingerprint density at radius 2 is 1.44 bits per heavy atom. The van der Waals surface area contributed by atoms with E-state index < -0.39 is 80.9 Å². The standard InChI is InChI=1S/C33H55N3O6.C30H43N6O10P/c1-10-22(4)30(35(7)28(37)19-21(2)3)27(41-8)20-29(38)36-18-14-17-26(36)32(42-9)23(5)33(40)34-24(6)31(39)25-15-12-11-13-16-25;1-19(2)25(26(32)37)34-29(41)44-18-21-7-11-23(12-8-21)46-30(42)35(3)14-15-36(4)47(43)45-16-13-24(28(39)40)33-27(38)22-9-5-20(17-31)6-10-22/h11-13,15-16,21-24,26-27,30-32,39H,10,14,17-20H2,1-9H3,(H,34,40);5-12,19,24-25,43H,13-18,31H2,1-4H3,(H2,32,37)(H,33,38)(H,34,41)(H,39,40). The third-order valence-electron chi connectivity index (χ3n) is 15.6. The van der Waals surface area contributed by atoms with E-state index in [0.717, 1.165) is 30.4 Å². The number of aliphatic carboxylic acids is 1. The summed E-state index contributed by atoms with van der Waals surface area (Å²) in [5.74, 6) is -2.86. The van der Waals surface area contributed by atoms with E-state index in [4.69, 9.17) is 34.9 Å². The van der Waals surface area contributed by atoms with Crippen LogP contribution in [0.15, 0.2) is 78.9 Å². The fourth-order valence-electron chi connectivity index (χ4n) is 10.0. The highest BCUT2D eigenvalue weighted by Gasteiger charge is 2.42. The number of nitrogens with zero attached hydrogens (tertiary/aromatic N) is 4. The number of likely N-dealkylation sites (tertiary alicyclic amines) is 1. The molecule has 4 rings (SSSR count). The lowest BCUT2D eigenvalue weighted by molar-refractivity contribution is -0.146. The molecule has 0 aliphatic carbocycles. The number of carbonyl (C=O) groups is 8. The maximum absolute atomic E-state index is 13.8. The molecule has 7 amide bonds. The Kier molecular flexibility index (Phi) is 33.2. The molecule has 3 aromatic carbocycles. The van der Waals surface area contributed by atoms with Crippen molar-refractivity contribution in [2.24, 2.45) is 35.1 Å². The number of carboxylic acids is 1. The maximum Gasteiger partial charge on any atom is 0.415 e. The number of amides is 7. The van der Waals surface area contributed by atoms with Crippen LogP contribution in [0.25, 0.3) is 0 Å². The van der Waals surface area contributed by atoms with Gasteiger partial charge in [0.25, 0.3) is 14.4 Å². The first kappa shape index (κ1) is 76.4. The van der Waals surface area contributed by atoms with Gasteiger partial charge in [0.05, 0.1) is 55.4 Å². The number of ether oxygens (including phenoxy) is 4. The molecule has 10 N–H and O–H groups in total. The van der Waals surface area contributed by atoms with E-state index in [2.05, 4.69) is 29.8 Å². The minimum Gasteiger partial charge on any atom is -0.480 e. The first-order valence-corrected chi connectivity index (χ1v) is 31.3. The van der Waals surface area contributed by atoms with Crippen LogP contribution in [-0.4, -0.2) is 186 Å².